The lowest BCUT2D eigenvalue weighted by Gasteiger charge is -2.03. The van der Waals surface area contributed by atoms with Crippen molar-refractivity contribution in [3.63, 3.8) is 0 Å². The SMILES string of the molecule is O=C(NCc1cc2c(=O)[nH]cnc2s1)c1ccnc(Cl)c1. The number of aromatic nitrogens is 3. The third-order valence-corrected chi connectivity index (χ3v) is 4.05. The van der Waals surface area contributed by atoms with Crippen LogP contribution in [0, 0.1) is 0 Å². The summed E-state index contributed by atoms with van der Waals surface area (Å²) in [6.07, 6.45) is 2.84. The van der Waals surface area contributed by atoms with Gasteiger partial charge in [0.25, 0.3) is 11.5 Å². The van der Waals surface area contributed by atoms with Gasteiger partial charge in [-0.05, 0) is 18.2 Å². The summed E-state index contributed by atoms with van der Waals surface area (Å²) in [5.74, 6) is -0.251. The van der Waals surface area contributed by atoms with E-state index in [1.54, 1.807) is 12.1 Å². The molecule has 0 aliphatic heterocycles. The van der Waals surface area contributed by atoms with Crippen LogP contribution in [0.2, 0.25) is 5.15 Å². The van der Waals surface area contributed by atoms with Crippen molar-refractivity contribution < 1.29 is 4.79 Å². The standard InChI is InChI=1S/C13H9ClN4O2S/c14-10-3-7(1-2-15-10)11(19)16-5-8-4-9-12(20)17-6-18-13(9)21-8/h1-4,6H,5H2,(H,16,19)(H,17,18,20). The number of rotatable bonds is 3. The summed E-state index contributed by atoms with van der Waals surface area (Å²) in [6, 6.07) is 4.80. The molecule has 0 saturated heterocycles. The van der Waals surface area contributed by atoms with Crippen LogP contribution in [0.15, 0.2) is 35.5 Å². The maximum Gasteiger partial charge on any atom is 0.259 e. The Morgan fingerprint density at radius 3 is 3.00 bits per heavy atom. The Kier molecular flexibility index (Phi) is 3.68. The minimum Gasteiger partial charge on any atom is -0.347 e. The lowest BCUT2D eigenvalue weighted by Crippen LogP contribution is -2.22. The zero-order valence-corrected chi connectivity index (χ0v) is 12.2. The van der Waals surface area contributed by atoms with Gasteiger partial charge in [0.1, 0.15) is 9.98 Å². The third-order valence-electron chi connectivity index (χ3n) is 2.80. The minimum atomic E-state index is -0.251. The Hall–Kier alpha value is -2.25. The fourth-order valence-electron chi connectivity index (χ4n) is 1.82. The summed E-state index contributed by atoms with van der Waals surface area (Å²) in [6.45, 7) is 0.319. The number of halogens is 1. The van der Waals surface area contributed by atoms with E-state index in [2.05, 4.69) is 20.3 Å². The quantitative estimate of drug-likeness (QED) is 0.722. The lowest BCUT2D eigenvalue weighted by molar-refractivity contribution is 0.0951. The van der Waals surface area contributed by atoms with Crippen molar-refractivity contribution in [2.24, 2.45) is 0 Å². The highest BCUT2D eigenvalue weighted by atomic mass is 35.5. The molecule has 8 heteroatoms. The highest BCUT2D eigenvalue weighted by Crippen LogP contribution is 2.20. The minimum absolute atomic E-state index is 0.185. The van der Waals surface area contributed by atoms with Crippen molar-refractivity contribution in [1.29, 1.82) is 0 Å². The molecule has 0 fully saturated rings. The van der Waals surface area contributed by atoms with Crippen LogP contribution in [0.4, 0.5) is 0 Å². The van der Waals surface area contributed by atoms with Gasteiger partial charge in [0.05, 0.1) is 18.3 Å². The summed E-state index contributed by atoms with van der Waals surface area (Å²) in [5, 5.41) is 3.56. The van der Waals surface area contributed by atoms with E-state index in [-0.39, 0.29) is 16.6 Å². The Labute approximate surface area is 127 Å². The first-order valence-electron chi connectivity index (χ1n) is 5.99. The molecular formula is C13H9ClN4O2S. The molecule has 0 aromatic carbocycles. The zero-order chi connectivity index (χ0) is 14.8. The number of carbonyl (C=O) groups is 1. The number of H-pyrrole nitrogens is 1. The van der Waals surface area contributed by atoms with Gasteiger partial charge in [-0.3, -0.25) is 9.59 Å². The number of hydrogen-bond donors (Lipinski definition) is 2. The van der Waals surface area contributed by atoms with Gasteiger partial charge in [-0.25, -0.2) is 9.97 Å². The summed E-state index contributed by atoms with van der Waals surface area (Å²) in [4.78, 5) is 35.5. The maximum atomic E-state index is 12.0. The number of aromatic amines is 1. The normalized spacial score (nSPS) is 10.7. The first-order chi connectivity index (χ1) is 10.1. The molecule has 0 bridgehead atoms. The van der Waals surface area contributed by atoms with Crippen molar-refractivity contribution in [3.05, 3.63) is 56.7 Å². The number of carbonyl (C=O) groups excluding carboxylic acids is 1. The van der Waals surface area contributed by atoms with Gasteiger partial charge >= 0.3 is 0 Å². The average Bonchev–Trinajstić information content (AvgIpc) is 2.89. The third kappa shape index (κ3) is 2.93. The van der Waals surface area contributed by atoms with Gasteiger partial charge in [0.15, 0.2) is 0 Å². The highest BCUT2D eigenvalue weighted by Gasteiger charge is 2.09. The Morgan fingerprint density at radius 2 is 2.24 bits per heavy atom. The van der Waals surface area contributed by atoms with E-state index in [0.717, 1.165) is 4.88 Å². The molecule has 0 unspecified atom stereocenters. The molecule has 6 nitrogen and oxygen atoms in total. The lowest BCUT2D eigenvalue weighted by atomic mass is 10.2. The number of pyridine rings is 1. The fraction of sp³-hybridized carbons (Fsp3) is 0.0769. The summed E-state index contributed by atoms with van der Waals surface area (Å²) < 4.78 is 0. The van der Waals surface area contributed by atoms with E-state index < -0.39 is 0 Å². The van der Waals surface area contributed by atoms with Gasteiger partial charge in [0, 0.05) is 16.6 Å². The van der Waals surface area contributed by atoms with Gasteiger partial charge in [-0.1, -0.05) is 11.6 Å². The Bertz CT molecular complexity index is 874. The van der Waals surface area contributed by atoms with Crippen LogP contribution in [0.1, 0.15) is 15.2 Å². The molecule has 3 aromatic heterocycles. The van der Waals surface area contributed by atoms with Crippen molar-refractivity contribution in [2.75, 3.05) is 0 Å². The molecule has 0 saturated carbocycles. The predicted molar refractivity (Wildman–Crippen MR) is 80.7 cm³/mol. The van der Waals surface area contributed by atoms with Crippen LogP contribution >= 0.6 is 22.9 Å². The number of thiophene rings is 1. The smallest absolute Gasteiger partial charge is 0.259 e. The number of nitrogens with zero attached hydrogens (tertiary/aromatic N) is 2. The van der Waals surface area contributed by atoms with Crippen molar-refractivity contribution >= 4 is 39.1 Å². The zero-order valence-electron chi connectivity index (χ0n) is 10.6. The first kappa shape index (κ1) is 13.7. The monoisotopic (exact) mass is 320 g/mol. The fourth-order valence-corrected chi connectivity index (χ4v) is 2.93. The second-order valence-corrected chi connectivity index (χ2v) is 5.72. The molecule has 106 valence electrons. The van der Waals surface area contributed by atoms with E-state index >= 15 is 0 Å². The van der Waals surface area contributed by atoms with Gasteiger partial charge in [0.2, 0.25) is 0 Å². The largest absolute Gasteiger partial charge is 0.347 e. The van der Waals surface area contributed by atoms with E-state index in [1.165, 1.54) is 29.9 Å². The number of amides is 1. The molecule has 0 radical (unpaired) electrons. The molecule has 0 spiro atoms. The molecule has 3 heterocycles. The summed E-state index contributed by atoms with van der Waals surface area (Å²) in [7, 11) is 0. The molecule has 3 aromatic rings. The van der Waals surface area contributed by atoms with Crippen LogP contribution < -0.4 is 10.9 Å². The van der Waals surface area contributed by atoms with E-state index in [1.807, 2.05) is 0 Å². The van der Waals surface area contributed by atoms with Crippen LogP contribution in [-0.2, 0) is 6.54 Å². The number of fused-ring (bicyclic) bond motifs is 1. The second kappa shape index (κ2) is 5.63. The molecule has 0 aliphatic carbocycles. The molecule has 3 rings (SSSR count). The van der Waals surface area contributed by atoms with Crippen molar-refractivity contribution in [2.45, 2.75) is 6.54 Å². The van der Waals surface area contributed by atoms with Crippen molar-refractivity contribution in [3.8, 4) is 0 Å². The van der Waals surface area contributed by atoms with Gasteiger partial charge in [-0.15, -0.1) is 11.3 Å². The molecule has 21 heavy (non-hydrogen) atoms. The highest BCUT2D eigenvalue weighted by molar-refractivity contribution is 7.18. The predicted octanol–water partition coefficient (Wildman–Crippen LogP) is 1.96. The number of hydrogen-bond acceptors (Lipinski definition) is 5. The van der Waals surface area contributed by atoms with Crippen molar-refractivity contribution in [1.82, 2.24) is 20.3 Å². The Balaban J connectivity index is 1.76. The maximum absolute atomic E-state index is 12.0. The molecule has 2 N–H and O–H groups in total. The topological polar surface area (TPSA) is 87.7 Å². The van der Waals surface area contributed by atoms with E-state index in [4.69, 9.17) is 11.6 Å². The van der Waals surface area contributed by atoms with Crippen LogP contribution in [0.5, 0.6) is 0 Å². The molecule has 0 atom stereocenters. The first-order valence-corrected chi connectivity index (χ1v) is 7.19. The summed E-state index contributed by atoms with van der Waals surface area (Å²) in [5.41, 5.74) is 0.252. The second-order valence-electron chi connectivity index (χ2n) is 4.21. The molecule has 0 aliphatic rings. The molecule has 1 amide bonds. The van der Waals surface area contributed by atoms with Gasteiger partial charge < -0.3 is 10.3 Å². The van der Waals surface area contributed by atoms with Crippen LogP contribution in [-0.4, -0.2) is 20.9 Å². The number of nitrogens with one attached hydrogen (secondary N) is 2. The van der Waals surface area contributed by atoms with Crippen LogP contribution in [0.25, 0.3) is 10.2 Å². The Morgan fingerprint density at radius 1 is 1.38 bits per heavy atom. The van der Waals surface area contributed by atoms with Gasteiger partial charge in [-0.2, -0.15) is 0 Å². The summed E-state index contributed by atoms with van der Waals surface area (Å²) >= 11 is 7.11. The van der Waals surface area contributed by atoms with Crippen LogP contribution in [0.3, 0.4) is 0 Å². The average molecular weight is 321 g/mol. The molecular weight excluding hydrogens is 312 g/mol. The van der Waals surface area contributed by atoms with E-state index in [9.17, 15) is 9.59 Å². The van der Waals surface area contributed by atoms with E-state index in [0.29, 0.717) is 22.3 Å².